The summed E-state index contributed by atoms with van der Waals surface area (Å²) in [5, 5.41) is 18.0. The minimum absolute atomic E-state index is 0.357. The van der Waals surface area contributed by atoms with Crippen LogP contribution in [0.5, 0.6) is 11.5 Å². The highest BCUT2D eigenvalue weighted by Gasteiger charge is 2.14. The van der Waals surface area contributed by atoms with Crippen LogP contribution in [0.15, 0.2) is 18.2 Å². The Morgan fingerprint density at radius 3 is 2.44 bits per heavy atom. The Morgan fingerprint density at radius 1 is 1.12 bits per heavy atom. The highest BCUT2D eigenvalue weighted by molar-refractivity contribution is 6.58. The minimum Gasteiger partial charge on any atom is -0.493 e. The molecular weight excluding hydrogens is 211 g/mol. The van der Waals surface area contributed by atoms with Gasteiger partial charge in [-0.15, -0.1) is 0 Å². The molecule has 0 aromatic heterocycles. The highest BCUT2D eigenvalue weighted by atomic mass is 16.5. The van der Waals surface area contributed by atoms with Crippen LogP contribution in [0.2, 0.25) is 0 Å². The van der Waals surface area contributed by atoms with Gasteiger partial charge in [0, 0.05) is 7.11 Å². The smallest absolute Gasteiger partial charge is 0.488 e. The van der Waals surface area contributed by atoms with Gasteiger partial charge < -0.3 is 24.3 Å². The van der Waals surface area contributed by atoms with Gasteiger partial charge in [-0.05, 0) is 17.6 Å². The van der Waals surface area contributed by atoms with E-state index in [9.17, 15) is 0 Å². The molecule has 0 aliphatic carbocycles. The number of hydrogen-bond acceptors (Lipinski definition) is 5. The lowest BCUT2D eigenvalue weighted by atomic mass is 9.80. The molecular formula is C10H15BO5. The van der Waals surface area contributed by atoms with Crippen molar-refractivity contribution in [1.82, 2.24) is 0 Å². The van der Waals surface area contributed by atoms with E-state index in [1.54, 1.807) is 19.2 Å². The van der Waals surface area contributed by atoms with Crippen LogP contribution in [0.4, 0.5) is 0 Å². The quantitative estimate of drug-likeness (QED) is 0.500. The predicted molar refractivity (Wildman–Crippen MR) is 60.2 cm³/mol. The first-order valence-corrected chi connectivity index (χ1v) is 4.85. The maximum Gasteiger partial charge on any atom is 0.488 e. The third kappa shape index (κ3) is 3.41. The molecule has 1 rings (SSSR count). The number of methoxy groups -OCH3 is 2. The summed E-state index contributed by atoms with van der Waals surface area (Å²) in [6.45, 7) is 0.890. The summed E-state index contributed by atoms with van der Waals surface area (Å²) in [6, 6.07) is 4.71. The van der Waals surface area contributed by atoms with Crippen molar-refractivity contribution in [2.75, 3.05) is 27.4 Å². The molecule has 1 aromatic carbocycles. The van der Waals surface area contributed by atoms with Crippen LogP contribution in [-0.4, -0.2) is 44.6 Å². The Hall–Kier alpha value is -1.24. The maximum absolute atomic E-state index is 8.99. The molecule has 0 atom stereocenters. The molecule has 2 N–H and O–H groups in total. The summed E-state index contributed by atoms with van der Waals surface area (Å²) < 4.78 is 15.3. The van der Waals surface area contributed by atoms with Crippen molar-refractivity contribution >= 4 is 12.6 Å². The van der Waals surface area contributed by atoms with Crippen LogP contribution < -0.4 is 14.9 Å². The fourth-order valence-electron chi connectivity index (χ4n) is 1.20. The molecule has 0 aliphatic heterocycles. The molecule has 0 saturated heterocycles. The van der Waals surface area contributed by atoms with Gasteiger partial charge in [-0.1, -0.05) is 6.07 Å². The Bertz CT molecular complexity index is 329. The van der Waals surface area contributed by atoms with Gasteiger partial charge in [0.25, 0.3) is 0 Å². The summed E-state index contributed by atoms with van der Waals surface area (Å²) in [5.74, 6) is 1.01. The zero-order chi connectivity index (χ0) is 12.0. The van der Waals surface area contributed by atoms with E-state index in [1.807, 2.05) is 0 Å². The molecule has 1 aromatic rings. The molecule has 0 heterocycles. The Balaban J connectivity index is 2.76. The standard InChI is InChI=1S/C10H15BO5/c1-14-5-6-16-9-4-3-8(11(12)13)7-10(9)15-2/h3-4,7,12-13H,5-6H2,1-2H3. The van der Waals surface area contributed by atoms with Gasteiger partial charge in [0.2, 0.25) is 0 Å². The normalized spacial score (nSPS) is 10.0. The highest BCUT2D eigenvalue weighted by Crippen LogP contribution is 2.24. The van der Waals surface area contributed by atoms with Crippen LogP contribution >= 0.6 is 0 Å². The van der Waals surface area contributed by atoms with E-state index < -0.39 is 7.12 Å². The van der Waals surface area contributed by atoms with Crippen molar-refractivity contribution in [2.45, 2.75) is 0 Å². The largest absolute Gasteiger partial charge is 0.493 e. The van der Waals surface area contributed by atoms with Crippen molar-refractivity contribution < 1.29 is 24.3 Å². The Kier molecular flexibility index (Phi) is 5.11. The molecule has 0 spiro atoms. The second-order valence-electron chi connectivity index (χ2n) is 3.13. The Morgan fingerprint density at radius 2 is 1.88 bits per heavy atom. The molecule has 16 heavy (non-hydrogen) atoms. The van der Waals surface area contributed by atoms with Crippen molar-refractivity contribution in [3.05, 3.63) is 18.2 Å². The van der Waals surface area contributed by atoms with Crippen LogP contribution in [-0.2, 0) is 4.74 Å². The molecule has 0 bridgehead atoms. The first-order chi connectivity index (χ1) is 7.69. The van der Waals surface area contributed by atoms with E-state index in [0.717, 1.165) is 0 Å². The molecule has 0 amide bonds. The molecule has 6 heteroatoms. The fourth-order valence-corrected chi connectivity index (χ4v) is 1.20. The molecule has 0 unspecified atom stereocenters. The second-order valence-corrected chi connectivity index (χ2v) is 3.13. The van der Waals surface area contributed by atoms with E-state index in [1.165, 1.54) is 13.2 Å². The van der Waals surface area contributed by atoms with Crippen molar-refractivity contribution in [2.24, 2.45) is 0 Å². The molecule has 0 saturated carbocycles. The number of ether oxygens (including phenoxy) is 3. The Labute approximate surface area is 94.7 Å². The molecule has 5 nitrogen and oxygen atoms in total. The van der Waals surface area contributed by atoms with Crippen LogP contribution in [0, 0.1) is 0 Å². The van der Waals surface area contributed by atoms with E-state index >= 15 is 0 Å². The van der Waals surface area contributed by atoms with Gasteiger partial charge in [-0.3, -0.25) is 0 Å². The second kappa shape index (κ2) is 6.37. The average Bonchev–Trinajstić information content (AvgIpc) is 2.29. The van der Waals surface area contributed by atoms with E-state index in [4.69, 9.17) is 24.3 Å². The SMILES string of the molecule is COCCOc1ccc(B(O)O)cc1OC. The lowest BCUT2D eigenvalue weighted by Crippen LogP contribution is -2.29. The van der Waals surface area contributed by atoms with Crippen LogP contribution in [0.3, 0.4) is 0 Å². The topological polar surface area (TPSA) is 68.2 Å². The van der Waals surface area contributed by atoms with Gasteiger partial charge in [-0.25, -0.2) is 0 Å². The number of rotatable bonds is 6. The van der Waals surface area contributed by atoms with Crippen molar-refractivity contribution in [3.8, 4) is 11.5 Å². The fraction of sp³-hybridized carbons (Fsp3) is 0.400. The average molecular weight is 226 g/mol. The molecule has 0 aliphatic rings. The summed E-state index contributed by atoms with van der Waals surface area (Å²) in [5.41, 5.74) is 0.357. The van der Waals surface area contributed by atoms with Gasteiger partial charge in [-0.2, -0.15) is 0 Å². The zero-order valence-corrected chi connectivity index (χ0v) is 9.34. The third-order valence-electron chi connectivity index (χ3n) is 2.03. The van der Waals surface area contributed by atoms with Gasteiger partial charge in [0.05, 0.1) is 13.7 Å². The molecule has 0 fully saturated rings. The lowest BCUT2D eigenvalue weighted by molar-refractivity contribution is 0.144. The van der Waals surface area contributed by atoms with Gasteiger partial charge in [0.15, 0.2) is 11.5 Å². The summed E-state index contributed by atoms with van der Waals surface area (Å²) in [4.78, 5) is 0. The maximum atomic E-state index is 8.99. The van der Waals surface area contributed by atoms with E-state index in [2.05, 4.69) is 0 Å². The molecule has 88 valence electrons. The first kappa shape index (κ1) is 12.8. The monoisotopic (exact) mass is 226 g/mol. The number of benzene rings is 1. The lowest BCUT2D eigenvalue weighted by Gasteiger charge is -2.11. The minimum atomic E-state index is -1.51. The van der Waals surface area contributed by atoms with Crippen molar-refractivity contribution in [3.63, 3.8) is 0 Å². The van der Waals surface area contributed by atoms with E-state index in [-0.39, 0.29) is 0 Å². The van der Waals surface area contributed by atoms with Gasteiger partial charge in [0.1, 0.15) is 6.61 Å². The number of hydrogen-bond donors (Lipinski definition) is 2. The van der Waals surface area contributed by atoms with Gasteiger partial charge >= 0.3 is 7.12 Å². The summed E-state index contributed by atoms with van der Waals surface area (Å²) in [6.07, 6.45) is 0. The first-order valence-electron chi connectivity index (χ1n) is 4.85. The van der Waals surface area contributed by atoms with Crippen LogP contribution in [0.1, 0.15) is 0 Å². The van der Waals surface area contributed by atoms with Crippen LogP contribution in [0.25, 0.3) is 0 Å². The predicted octanol–water partition coefficient (Wildman–Crippen LogP) is -0.600. The third-order valence-corrected chi connectivity index (χ3v) is 2.03. The van der Waals surface area contributed by atoms with Crippen molar-refractivity contribution in [1.29, 1.82) is 0 Å². The summed E-state index contributed by atoms with van der Waals surface area (Å²) in [7, 11) is 1.57. The van der Waals surface area contributed by atoms with E-state index in [0.29, 0.717) is 30.2 Å². The zero-order valence-electron chi connectivity index (χ0n) is 9.34. The summed E-state index contributed by atoms with van der Waals surface area (Å²) >= 11 is 0. The molecule has 0 radical (unpaired) electrons.